The number of carbonyl (C=O) groups is 2. The van der Waals surface area contributed by atoms with Crippen molar-refractivity contribution in [1.82, 2.24) is 9.62 Å². The smallest absolute Gasteiger partial charge is 0.269 e. The Morgan fingerprint density at radius 3 is 2.37 bits per heavy atom. The van der Waals surface area contributed by atoms with Crippen LogP contribution in [0.1, 0.15) is 53.0 Å². The monoisotopic (exact) mass is 427 g/mol. The molecule has 0 bridgehead atoms. The topological polar surface area (TPSA) is 86.8 Å². The summed E-state index contributed by atoms with van der Waals surface area (Å²) in [7, 11) is -3.93. The number of rotatable bonds is 5. The molecule has 158 valence electrons. The lowest BCUT2D eigenvalue weighted by Gasteiger charge is -2.18. The molecule has 1 saturated heterocycles. The predicted molar refractivity (Wildman–Crippen MR) is 114 cm³/mol. The largest absolute Gasteiger partial charge is 0.372 e. The van der Waals surface area contributed by atoms with Gasteiger partial charge in [-0.25, -0.2) is 12.7 Å². The number of hydrogen-bond donors (Lipinski definition) is 1. The highest BCUT2D eigenvalue weighted by molar-refractivity contribution is 7.90. The molecule has 0 unspecified atom stereocenters. The molecular formula is C22H25N3O4S. The maximum absolute atomic E-state index is 12.7. The zero-order valence-corrected chi connectivity index (χ0v) is 17.9. The van der Waals surface area contributed by atoms with Crippen molar-refractivity contribution in [3.05, 3.63) is 59.2 Å². The Bertz CT molecular complexity index is 1090. The number of nitrogens with one attached hydrogen (secondary N) is 1. The molecule has 2 aromatic rings. The van der Waals surface area contributed by atoms with Crippen molar-refractivity contribution in [3.8, 4) is 0 Å². The van der Waals surface area contributed by atoms with Crippen molar-refractivity contribution in [3.63, 3.8) is 0 Å². The number of carbonyl (C=O) groups excluding carboxylic acids is 2. The van der Waals surface area contributed by atoms with E-state index in [2.05, 4.69) is 22.3 Å². The number of nitrogens with zero attached hydrogens (tertiary/aromatic N) is 2. The second-order valence-electron chi connectivity index (χ2n) is 7.95. The molecule has 8 heteroatoms. The van der Waals surface area contributed by atoms with E-state index in [9.17, 15) is 18.0 Å². The first kappa shape index (κ1) is 20.4. The maximum Gasteiger partial charge on any atom is 0.269 e. The predicted octanol–water partition coefficient (Wildman–Crippen LogP) is 2.77. The summed E-state index contributed by atoms with van der Waals surface area (Å²) >= 11 is 0. The zero-order valence-electron chi connectivity index (χ0n) is 17.1. The van der Waals surface area contributed by atoms with Gasteiger partial charge in [-0.1, -0.05) is 12.1 Å². The van der Waals surface area contributed by atoms with Gasteiger partial charge in [-0.15, -0.1) is 0 Å². The third-order valence-corrected chi connectivity index (χ3v) is 7.54. The van der Waals surface area contributed by atoms with Crippen LogP contribution in [0.4, 0.5) is 5.69 Å². The molecule has 30 heavy (non-hydrogen) atoms. The average Bonchev–Trinajstić information content (AvgIpc) is 3.32. The maximum atomic E-state index is 12.7. The molecule has 0 saturated carbocycles. The van der Waals surface area contributed by atoms with Gasteiger partial charge in [0.25, 0.3) is 21.8 Å². The fourth-order valence-corrected chi connectivity index (χ4v) is 5.78. The zero-order chi connectivity index (χ0) is 21.5. The minimum absolute atomic E-state index is 0.108. The molecular weight excluding hydrogens is 402 g/mol. The van der Waals surface area contributed by atoms with E-state index in [0.29, 0.717) is 6.54 Å². The van der Waals surface area contributed by atoms with Gasteiger partial charge in [0.2, 0.25) is 0 Å². The lowest BCUT2D eigenvalue weighted by Crippen LogP contribution is -2.36. The molecule has 2 amide bonds. The standard InChI is InChI=1S/C22H25N3O4S/c1-15(2)25-22(27)19-10-7-17(13-20(19)30(25,28)29)21(26)23-14-16-5-8-18(9-6-16)24-11-3-4-12-24/h5-10,13,15H,3-4,11-12,14H2,1-2H3,(H,23,26). The van der Waals surface area contributed by atoms with Crippen LogP contribution in [0, 0.1) is 0 Å². The third-order valence-electron chi connectivity index (χ3n) is 5.54. The summed E-state index contributed by atoms with van der Waals surface area (Å²) in [6, 6.07) is 11.8. The van der Waals surface area contributed by atoms with Crippen molar-refractivity contribution in [2.45, 2.75) is 44.2 Å². The van der Waals surface area contributed by atoms with Crippen LogP contribution in [0.5, 0.6) is 0 Å². The first-order chi connectivity index (χ1) is 14.3. The van der Waals surface area contributed by atoms with E-state index in [1.54, 1.807) is 13.8 Å². The van der Waals surface area contributed by atoms with Gasteiger partial charge < -0.3 is 10.2 Å². The van der Waals surface area contributed by atoms with Crippen molar-refractivity contribution in [2.75, 3.05) is 18.0 Å². The van der Waals surface area contributed by atoms with Crippen molar-refractivity contribution in [1.29, 1.82) is 0 Å². The van der Waals surface area contributed by atoms with Gasteiger partial charge in [0, 0.05) is 36.9 Å². The van der Waals surface area contributed by atoms with Gasteiger partial charge in [0.15, 0.2) is 0 Å². The Hall–Kier alpha value is -2.87. The highest BCUT2D eigenvalue weighted by atomic mass is 32.2. The fourth-order valence-electron chi connectivity index (χ4n) is 3.98. The van der Waals surface area contributed by atoms with E-state index in [1.165, 1.54) is 36.7 Å². The van der Waals surface area contributed by atoms with Crippen molar-refractivity contribution >= 4 is 27.5 Å². The Balaban J connectivity index is 1.46. The quantitative estimate of drug-likeness (QED) is 0.793. The van der Waals surface area contributed by atoms with Crippen LogP contribution in [-0.4, -0.2) is 43.7 Å². The summed E-state index contributed by atoms with van der Waals surface area (Å²) in [6.07, 6.45) is 2.43. The first-order valence-corrected chi connectivity index (χ1v) is 11.6. The third kappa shape index (κ3) is 3.56. The molecule has 7 nitrogen and oxygen atoms in total. The molecule has 2 heterocycles. The molecule has 0 aromatic heterocycles. The average molecular weight is 428 g/mol. The number of sulfonamides is 1. The number of anilines is 1. The highest BCUT2D eigenvalue weighted by Gasteiger charge is 2.42. The SMILES string of the molecule is CC(C)N1C(=O)c2ccc(C(=O)NCc3ccc(N4CCCC4)cc3)cc2S1(=O)=O. The van der Waals surface area contributed by atoms with E-state index in [-0.39, 0.29) is 21.9 Å². The summed E-state index contributed by atoms with van der Waals surface area (Å²) in [6.45, 7) is 5.77. The normalized spacial score (nSPS) is 17.5. The van der Waals surface area contributed by atoms with Gasteiger partial charge in [-0.05, 0) is 62.6 Å². The first-order valence-electron chi connectivity index (χ1n) is 10.1. The molecule has 2 aromatic carbocycles. The summed E-state index contributed by atoms with van der Waals surface area (Å²) in [5.74, 6) is -0.933. The second kappa shape index (κ2) is 7.75. The minimum atomic E-state index is -3.93. The van der Waals surface area contributed by atoms with Gasteiger partial charge in [-0.3, -0.25) is 9.59 Å². The summed E-state index contributed by atoms with van der Waals surface area (Å²) in [5.41, 5.74) is 2.47. The number of amides is 2. The van der Waals surface area contributed by atoms with E-state index < -0.39 is 22.0 Å². The van der Waals surface area contributed by atoms with Crippen LogP contribution < -0.4 is 10.2 Å². The van der Waals surface area contributed by atoms with Gasteiger partial charge >= 0.3 is 0 Å². The molecule has 4 rings (SSSR count). The summed E-state index contributed by atoms with van der Waals surface area (Å²) < 4.78 is 26.3. The van der Waals surface area contributed by atoms with Crippen molar-refractivity contribution < 1.29 is 18.0 Å². The van der Waals surface area contributed by atoms with Gasteiger partial charge in [0.1, 0.15) is 4.90 Å². The van der Waals surface area contributed by atoms with E-state index in [0.717, 1.165) is 23.0 Å². The lowest BCUT2D eigenvalue weighted by molar-refractivity contribution is 0.0845. The van der Waals surface area contributed by atoms with Crippen LogP contribution in [0.2, 0.25) is 0 Å². The Morgan fingerprint density at radius 1 is 1.07 bits per heavy atom. The molecule has 0 aliphatic carbocycles. The van der Waals surface area contributed by atoms with Crippen LogP contribution >= 0.6 is 0 Å². The van der Waals surface area contributed by atoms with Crippen LogP contribution in [0.15, 0.2) is 47.4 Å². The van der Waals surface area contributed by atoms with Gasteiger partial charge in [0.05, 0.1) is 5.56 Å². The molecule has 0 radical (unpaired) electrons. The van der Waals surface area contributed by atoms with Crippen molar-refractivity contribution in [2.24, 2.45) is 0 Å². The molecule has 0 spiro atoms. The Morgan fingerprint density at radius 2 is 1.73 bits per heavy atom. The number of benzene rings is 2. The molecule has 1 fully saturated rings. The lowest BCUT2D eigenvalue weighted by atomic mass is 10.1. The van der Waals surface area contributed by atoms with E-state index in [1.807, 2.05) is 12.1 Å². The molecule has 1 N–H and O–H groups in total. The molecule has 0 atom stereocenters. The fraction of sp³-hybridized carbons (Fsp3) is 0.364. The van der Waals surface area contributed by atoms with Crippen LogP contribution in [-0.2, 0) is 16.6 Å². The minimum Gasteiger partial charge on any atom is -0.372 e. The molecule has 2 aliphatic heterocycles. The van der Waals surface area contributed by atoms with Gasteiger partial charge in [-0.2, -0.15) is 0 Å². The van der Waals surface area contributed by atoms with E-state index >= 15 is 0 Å². The van der Waals surface area contributed by atoms with E-state index in [4.69, 9.17) is 0 Å². The van der Waals surface area contributed by atoms with Crippen LogP contribution in [0.3, 0.4) is 0 Å². The summed E-state index contributed by atoms with van der Waals surface area (Å²) in [5, 5.41) is 2.82. The second-order valence-corrected chi connectivity index (χ2v) is 9.74. The number of fused-ring (bicyclic) bond motifs is 1. The Kier molecular flexibility index (Phi) is 5.27. The Labute approximate surface area is 176 Å². The molecule has 2 aliphatic rings. The summed E-state index contributed by atoms with van der Waals surface area (Å²) in [4.78, 5) is 27.2. The highest BCUT2D eigenvalue weighted by Crippen LogP contribution is 2.32. The number of hydrogen-bond acceptors (Lipinski definition) is 5. The van der Waals surface area contributed by atoms with Crippen LogP contribution in [0.25, 0.3) is 0 Å².